The van der Waals surface area contributed by atoms with Crippen molar-refractivity contribution in [3.8, 4) is 39.8 Å². The van der Waals surface area contributed by atoms with Gasteiger partial charge in [0.1, 0.15) is 66.7 Å². The minimum absolute atomic E-state index is 0.00516. The largest absolute Gasteiger partial charge is 0.504 e. The van der Waals surface area contributed by atoms with Crippen molar-refractivity contribution in [3.05, 3.63) is 82.5 Å². The summed E-state index contributed by atoms with van der Waals surface area (Å²) < 4.78 is 38.3. The zero-order valence-electron chi connectivity index (χ0n) is 39.9. The highest BCUT2D eigenvalue weighted by molar-refractivity contribution is 7.87. The second-order valence-electron chi connectivity index (χ2n) is 18.0. The third-order valence-electron chi connectivity index (χ3n) is 11.4. The number of phenols is 1. The van der Waals surface area contributed by atoms with Crippen molar-refractivity contribution in [1.82, 2.24) is 35.5 Å². The van der Waals surface area contributed by atoms with E-state index in [9.17, 15) is 52.8 Å². The quantitative estimate of drug-likeness (QED) is 0.0592. The Morgan fingerprint density at radius 2 is 1.54 bits per heavy atom. The van der Waals surface area contributed by atoms with Crippen LogP contribution in [0, 0.1) is 6.92 Å². The molecule has 1 aliphatic heterocycles. The third kappa shape index (κ3) is 13.9. The van der Waals surface area contributed by atoms with Crippen molar-refractivity contribution in [2.45, 2.75) is 82.8 Å². The minimum Gasteiger partial charge on any atom is -0.504 e. The van der Waals surface area contributed by atoms with Gasteiger partial charge in [-0.25, -0.2) is 19.9 Å². The molecular weight excluding hydrogens is 947 g/mol. The van der Waals surface area contributed by atoms with Crippen LogP contribution < -0.4 is 52.5 Å². The number of carboxylic acid groups (broad SMARTS) is 1. The van der Waals surface area contributed by atoms with Gasteiger partial charge < -0.3 is 68.0 Å². The van der Waals surface area contributed by atoms with E-state index in [2.05, 4.69) is 46.7 Å². The summed E-state index contributed by atoms with van der Waals surface area (Å²) in [5, 5.41) is 55.3. The zero-order chi connectivity index (χ0) is 52.7. The molecule has 0 saturated carbocycles. The number of aliphatic hydroxyl groups excluding tert-OH is 2. The Bertz CT molecular complexity index is 2730. The molecule has 1 aromatic heterocycles. The number of carbonyl (C=O) groups excluding carboxylic acids is 4. The normalized spacial score (nSPS) is 17.6. The number of carboxylic acids is 1. The number of aryl methyl sites for hydroxylation is 1. The number of nitrogen functional groups attached to an aromatic ring is 1. The maximum Gasteiger partial charge on any atom is 0.326 e. The molecular formula is C46H61N11O13S. The van der Waals surface area contributed by atoms with E-state index in [-0.39, 0.29) is 82.6 Å². The number of nitrogens with one attached hydrogen (secondary N) is 4. The number of anilines is 1. The van der Waals surface area contributed by atoms with E-state index in [1.54, 1.807) is 12.1 Å². The average molecular weight is 1010 g/mol. The van der Waals surface area contributed by atoms with Crippen molar-refractivity contribution >= 4 is 45.6 Å². The highest BCUT2D eigenvalue weighted by atomic mass is 32.2. The first-order valence-corrected chi connectivity index (χ1v) is 23.7. The molecule has 6 unspecified atom stereocenters. The van der Waals surface area contributed by atoms with Crippen LogP contribution in [0.3, 0.4) is 0 Å². The van der Waals surface area contributed by atoms with E-state index in [0.717, 1.165) is 23.6 Å². The molecule has 0 radical (unpaired) electrons. The number of aliphatic hydroxyl groups is 2. The summed E-state index contributed by atoms with van der Waals surface area (Å²) in [7, 11) is -3.42. The van der Waals surface area contributed by atoms with Gasteiger partial charge in [-0.05, 0) is 60.2 Å². The SMILES string of the molecule is Cc1nc(-c2ccc(C(C)(C)C)cc2)nc(N)c1C(=O)NC(CNS(N)(=O)=O)C(=O)N(C)C1C(=O)NC(C)C(=O)NC(C(=O)O)Cc2ccc(OCC(O)CN)c(c2)-c2cc1cc(OCC(O)CN)c2O. The Balaban J connectivity index is 1.67. The molecule has 16 N–H and O–H groups in total. The van der Waals surface area contributed by atoms with Crippen molar-refractivity contribution in [2.75, 3.05) is 45.6 Å². The average Bonchev–Trinajstić information content (AvgIpc) is 3.30. The van der Waals surface area contributed by atoms with E-state index >= 15 is 0 Å². The van der Waals surface area contributed by atoms with E-state index < -0.39 is 95.1 Å². The second-order valence-corrected chi connectivity index (χ2v) is 19.4. The fourth-order valence-electron chi connectivity index (χ4n) is 7.42. The van der Waals surface area contributed by atoms with Crippen molar-refractivity contribution in [1.29, 1.82) is 0 Å². The van der Waals surface area contributed by atoms with Crippen LogP contribution in [-0.4, -0.2) is 144 Å². The summed E-state index contributed by atoms with van der Waals surface area (Å²) in [6.07, 6.45) is -2.72. The van der Waals surface area contributed by atoms with Crippen molar-refractivity contribution in [2.24, 2.45) is 16.6 Å². The Morgan fingerprint density at radius 1 is 0.915 bits per heavy atom. The number of fused-ring (bicyclic) bond motifs is 5. The van der Waals surface area contributed by atoms with Gasteiger partial charge in [0.05, 0.1) is 5.69 Å². The van der Waals surface area contributed by atoms with Gasteiger partial charge in [0.25, 0.3) is 16.1 Å². The molecule has 5 rings (SSSR count). The summed E-state index contributed by atoms with van der Waals surface area (Å²) in [5.74, 6) is -6.69. The number of benzene rings is 3. The number of nitrogens with two attached hydrogens (primary N) is 4. The van der Waals surface area contributed by atoms with E-state index in [1.165, 1.54) is 38.1 Å². The molecule has 71 heavy (non-hydrogen) atoms. The first-order chi connectivity index (χ1) is 33.2. The van der Waals surface area contributed by atoms with E-state index in [4.69, 9.17) is 31.8 Å². The number of phenolic OH excluding ortho intramolecular Hbond substituents is 1. The number of hydrogen-bond donors (Lipinski definition) is 12. The maximum absolute atomic E-state index is 14.9. The van der Waals surface area contributed by atoms with Crippen LogP contribution in [-0.2, 0) is 41.2 Å². The predicted octanol–water partition coefficient (Wildman–Crippen LogP) is -1.18. The minimum atomic E-state index is -4.54. The summed E-state index contributed by atoms with van der Waals surface area (Å²) in [5.41, 5.74) is 19.0. The Hall–Kier alpha value is -7.00. The summed E-state index contributed by atoms with van der Waals surface area (Å²) in [4.78, 5) is 79.4. The maximum atomic E-state index is 14.9. The number of aromatic nitrogens is 2. The van der Waals surface area contributed by atoms with Gasteiger partial charge in [-0.1, -0.05) is 51.1 Å². The molecule has 0 spiro atoms. The smallest absolute Gasteiger partial charge is 0.326 e. The van der Waals surface area contributed by atoms with Crippen LogP contribution in [0.4, 0.5) is 5.82 Å². The van der Waals surface area contributed by atoms with Crippen LogP contribution in [0.1, 0.15) is 66.5 Å². The molecule has 1 aliphatic rings. The number of aliphatic carboxylic acids is 1. The standard InChI is InChI=1S/C46H61N11O13S/c1-22-36(39(49)56-40(52-22)25-8-10-27(11-9-25)46(3,4)5)42(62)55-33(19-51-71(50,67)68)44(64)57(6)37-26-15-31(38(60)35(16-26)70-21-29(59)18-48)30-13-24(7-12-34(30)69-20-28(58)17-47)14-32(45(65)66)54-41(61)23(2)53-43(37)63/h7-13,15-16,23,28-29,32-33,37,51,58-60H,14,17-21,47-48H2,1-6H3,(H,53,63)(H,54,61)(H,55,62)(H,65,66)(H2,49,52,56)(H2,50,67,68). The Labute approximate surface area is 409 Å². The Kier molecular flexibility index (Phi) is 17.7. The number of carbonyl (C=O) groups is 5. The second kappa shape index (κ2) is 22.8. The van der Waals surface area contributed by atoms with Gasteiger partial charge >= 0.3 is 5.97 Å². The molecule has 4 bridgehead atoms. The first kappa shape index (κ1) is 54.9. The Morgan fingerprint density at radius 3 is 2.10 bits per heavy atom. The van der Waals surface area contributed by atoms with Crippen LogP contribution in [0.15, 0.2) is 54.6 Å². The summed E-state index contributed by atoms with van der Waals surface area (Å²) >= 11 is 0. The number of hydrogen-bond acceptors (Lipinski definition) is 17. The van der Waals surface area contributed by atoms with Crippen molar-refractivity contribution in [3.63, 3.8) is 0 Å². The molecule has 4 aromatic rings. The number of amides is 4. The molecule has 0 aliphatic carbocycles. The lowest BCUT2D eigenvalue weighted by molar-refractivity contribution is -0.143. The molecule has 384 valence electrons. The molecule has 0 saturated heterocycles. The molecule has 24 nitrogen and oxygen atoms in total. The van der Waals surface area contributed by atoms with Gasteiger partial charge in [-0.15, -0.1) is 0 Å². The van der Waals surface area contributed by atoms with E-state index in [1.807, 2.05) is 16.9 Å². The van der Waals surface area contributed by atoms with Gasteiger partial charge in [0, 0.05) is 49.8 Å². The third-order valence-corrected chi connectivity index (χ3v) is 12.0. The highest BCUT2D eigenvalue weighted by Crippen LogP contribution is 2.45. The molecule has 4 amide bonds. The van der Waals surface area contributed by atoms with Crippen LogP contribution in [0.2, 0.25) is 0 Å². The molecule has 25 heteroatoms. The lowest BCUT2D eigenvalue weighted by Gasteiger charge is -2.33. The molecule has 6 atom stereocenters. The number of rotatable bonds is 17. The monoisotopic (exact) mass is 1010 g/mol. The molecule has 3 aromatic carbocycles. The summed E-state index contributed by atoms with van der Waals surface area (Å²) in [6, 6.07) is 7.41. The number of nitrogens with zero attached hydrogens (tertiary/aromatic N) is 3. The molecule has 0 fully saturated rings. The van der Waals surface area contributed by atoms with Crippen molar-refractivity contribution < 1.29 is 62.3 Å². The van der Waals surface area contributed by atoms with Gasteiger partial charge in [0.15, 0.2) is 17.3 Å². The zero-order valence-corrected chi connectivity index (χ0v) is 40.7. The number of ether oxygens (including phenoxy) is 2. The highest BCUT2D eigenvalue weighted by Gasteiger charge is 2.38. The van der Waals surface area contributed by atoms with Crippen LogP contribution in [0.5, 0.6) is 17.2 Å². The fourth-order valence-corrected chi connectivity index (χ4v) is 7.82. The molecule has 2 heterocycles. The lowest BCUT2D eigenvalue weighted by Crippen LogP contribution is -2.57. The number of aromatic hydroxyl groups is 1. The van der Waals surface area contributed by atoms with Crippen LogP contribution in [0.25, 0.3) is 22.5 Å². The van der Waals surface area contributed by atoms with Gasteiger partial charge in [-0.2, -0.15) is 13.1 Å². The topological polar surface area (TPSA) is 400 Å². The first-order valence-electron chi connectivity index (χ1n) is 22.2. The summed E-state index contributed by atoms with van der Waals surface area (Å²) in [6.45, 7) is 6.69. The number of likely N-dealkylation sites (N-methyl/N-ethyl adjacent to an activating group) is 1. The van der Waals surface area contributed by atoms with Gasteiger partial charge in [-0.3, -0.25) is 19.2 Å². The lowest BCUT2D eigenvalue weighted by atomic mass is 9.86. The predicted molar refractivity (Wildman–Crippen MR) is 259 cm³/mol. The fraction of sp³-hybridized carbons (Fsp3) is 0.413. The van der Waals surface area contributed by atoms with Gasteiger partial charge in [0.2, 0.25) is 17.7 Å². The van der Waals surface area contributed by atoms with E-state index in [0.29, 0.717) is 11.1 Å². The van der Waals surface area contributed by atoms with Crippen LogP contribution >= 0.6 is 0 Å².